The molecular formula is C24H21F6N7O. The monoisotopic (exact) mass is 537 g/mol. The number of benzene rings is 1. The Morgan fingerprint density at radius 2 is 1.84 bits per heavy atom. The largest absolute Gasteiger partial charge is 0.451 e. The molecule has 8 nitrogen and oxygen atoms in total. The number of rotatable bonds is 2. The third-order valence-corrected chi connectivity index (χ3v) is 7.14. The average Bonchev–Trinajstić information content (AvgIpc) is 3.30. The van der Waals surface area contributed by atoms with Crippen LogP contribution in [0, 0.1) is 23.2 Å². The number of anilines is 1. The van der Waals surface area contributed by atoms with Gasteiger partial charge in [-0.05, 0) is 30.5 Å². The Morgan fingerprint density at radius 1 is 1.08 bits per heavy atom. The van der Waals surface area contributed by atoms with Gasteiger partial charge >= 0.3 is 12.4 Å². The van der Waals surface area contributed by atoms with E-state index >= 15 is 0 Å². The Morgan fingerprint density at radius 3 is 2.50 bits per heavy atom. The van der Waals surface area contributed by atoms with Crippen LogP contribution in [-0.2, 0) is 30.2 Å². The number of carbonyl (C=O) groups is 1. The molecule has 2 aliphatic heterocycles. The van der Waals surface area contributed by atoms with Crippen LogP contribution in [0.5, 0.6) is 0 Å². The lowest BCUT2D eigenvalue weighted by Crippen LogP contribution is -2.49. The van der Waals surface area contributed by atoms with Gasteiger partial charge in [-0.2, -0.15) is 31.6 Å². The maximum atomic E-state index is 13.4. The maximum Gasteiger partial charge on any atom is 0.451 e. The molecule has 0 N–H and O–H groups in total. The Balaban J connectivity index is 1.37. The van der Waals surface area contributed by atoms with Gasteiger partial charge in [0.05, 0.1) is 28.9 Å². The van der Waals surface area contributed by atoms with Crippen molar-refractivity contribution >= 4 is 22.5 Å². The molecule has 0 radical (unpaired) electrons. The van der Waals surface area contributed by atoms with Gasteiger partial charge in [-0.3, -0.25) is 9.78 Å². The Labute approximate surface area is 212 Å². The number of amides is 1. The van der Waals surface area contributed by atoms with Crippen LogP contribution in [0.2, 0.25) is 0 Å². The van der Waals surface area contributed by atoms with Crippen LogP contribution in [0.25, 0.3) is 10.9 Å². The predicted octanol–water partition coefficient (Wildman–Crippen LogP) is 4.24. The molecule has 2 aromatic heterocycles. The van der Waals surface area contributed by atoms with Gasteiger partial charge in [-0.25, -0.2) is 0 Å². The second-order valence-corrected chi connectivity index (χ2v) is 9.53. The highest BCUT2D eigenvalue weighted by Crippen LogP contribution is 2.38. The van der Waals surface area contributed by atoms with Crippen molar-refractivity contribution in [1.29, 1.82) is 5.26 Å². The van der Waals surface area contributed by atoms with E-state index in [9.17, 15) is 36.4 Å². The summed E-state index contributed by atoms with van der Waals surface area (Å²) >= 11 is 0. The van der Waals surface area contributed by atoms with Crippen molar-refractivity contribution in [3.8, 4) is 6.07 Å². The van der Waals surface area contributed by atoms with Gasteiger partial charge in [-0.15, -0.1) is 10.2 Å². The van der Waals surface area contributed by atoms with Crippen LogP contribution in [0.3, 0.4) is 0 Å². The van der Waals surface area contributed by atoms with Gasteiger partial charge in [0, 0.05) is 43.7 Å². The van der Waals surface area contributed by atoms with E-state index in [2.05, 4.69) is 15.2 Å². The summed E-state index contributed by atoms with van der Waals surface area (Å²) in [7, 11) is 0. The lowest BCUT2D eigenvalue weighted by atomic mass is 9.85. The first-order valence-corrected chi connectivity index (χ1v) is 11.8. The number of hydrogen-bond acceptors (Lipinski definition) is 6. The van der Waals surface area contributed by atoms with Gasteiger partial charge < -0.3 is 14.4 Å². The highest BCUT2D eigenvalue weighted by atomic mass is 19.4. The van der Waals surface area contributed by atoms with Gasteiger partial charge in [-0.1, -0.05) is 6.92 Å². The van der Waals surface area contributed by atoms with Crippen molar-refractivity contribution in [3.05, 3.63) is 47.2 Å². The zero-order valence-corrected chi connectivity index (χ0v) is 20.0. The molecule has 0 aliphatic carbocycles. The van der Waals surface area contributed by atoms with Crippen molar-refractivity contribution < 1.29 is 31.1 Å². The molecule has 3 aromatic rings. The molecule has 0 saturated carbocycles. The minimum Gasteiger partial charge on any atom is -0.370 e. The molecule has 5 rings (SSSR count). The van der Waals surface area contributed by atoms with Crippen molar-refractivity contribution in [2.45, 2.75) is 38.8 Å². The van der Waals surface area contributed by atoms with Crippen molar-refractivity contribution in [2.75, 3.05) is 24.5 Å². The molecule has 0 bridgehead atoms. The molecule has 0 spiro atoms. The van der Waals surface area contributed by atoms with Crippen molar-refractivity contribution in [3.63, 3.8) is 0 Å². The van der Waals surface area contributed by atoms with Crippen LogP contribution in [0.1, 0.15) is 36.1 Å². The fourth-order valence-electron chi connectivity index (χ4n) is 5.28. The molecular weight excluding hydrogens is 516 g/mol. The van der Waals surface area contributed by atoms with Crippen LogP contribution >= 0.6 is 0 Å². The summed E-state index contributed by atoms with van der Waals surface area (Å²) in [6, 6.07) is 5.20. The van der Waals surface area contributed by atoms with Gasteiger partial charge in [0.1, 0.15) is 6.07 Å². The second kappa shape index (κ2) is 9.14. The maximum absolute atomic E-state index is 13.4. The summed E-state index contributed by atoms with van der Waals surface area (Å²) in [4.78, 5) is 20.8. The summed E-state index contributed by atoms with van der Waals surface area (Å²) in [6.45, 7) is 2.33. The zero-order chi connectivity index (χ0) is 27.4. The van der Waals surface area contributed by atoms with E-state index in [4.69, 9.17) is 0 Å². The summed E-state index contributed by atoms with van der Waals surface area (Å²) in [6.07, 6.45) is -7.53. The molecule has 1 amide bonds. The summed E-state index contributed by atoms with van der Waals surface area (Å²) < 4.78 is 80.5. The molecule has 2 atom stereocenters. The number of halogens is 6. The lowest BCUT2D eigenvalue weighted by molar-refractivity contribution is -0.148. The third-order valence-electron chi connectivity index (χ3n) is 7.14. The molecule has 14 heteroatoms. The van der Waals surface area contributed by atoms with E-state index in [1.54, 1.807) is 4.90 Å². The molecule has 4 heterocycles. The number of piperidine rings is 1. The van der Waals surface area contributed by atoms with E-state index in [-0.39, 0.29) is 48.2 Å². The lowest BCUT2D eigenvalue weighted by Gasteiger charge is -2.40. The van der Waals surface area contributed by atoms with E-state index in [0.717, 1.165) is 16.7 Å². The second-order valence-electron chi connectivity index (χ2n) is 9.53. The third kappa shape index (κ3) is 4.50. The average molecular weight is 537 g/mol. The number of nitrogens with zero attached hydrogens (tertiary/aromatic N) is 7. The highest BCUT2D eigenvalue weighted by Gasteiger charge is 2.41. The van der Waals surface area contributed by atoms with Gasteiger partial charge in [0.2, 0.25) is 11.7 Å². The minimum absolute atomic E-state index is 0.0596. The number of alkyl halides is 6. The van der Waals surface area contributed by atoms with E-state index < -0.39 is 29.7 Å². The number of carbonyl (C=O) groups excluding carboxylic acids is 1. The first-order chi connectivity index (χ1) is 17.9. The van der Waals surface area contributed by atoms with Crippen LogP contribution in [0.15, 0.2) is 24.4 Å². The van der Waals surface area contributed by atoms with E-state index in [0.29, 0.717) is 30.7 Å². The molecule has 1 saturated heterocycles. The fourth-order valence-corrected chi connectivity index (χ4v) is 5.28. The minimum atomic E-state index is -4.64. The highest BCUT2D eigenvalue weighted by molar-refractivity contribution is 5.95. The fraction of sp³-hybridized carbons (Fsp3) is 0.458. The van der Waals surface area contributed by atoms with E-state index in [1.165, 1.54) is 17.2 Å². The number of aromatic nitrogens is 4. The molecule has 2 aliphatic rings. The molecule has 38 heavy (non-hydrogen) atoms. The Bertz CT molecular complexity index is 1440. The van der Waals surface area contributed by atoms with Crippen LogP contribution < -0.4 is 4.90 Å². The number of hydrogen-bond donors (Lipinski definition) is 0. The summed E-state index contributed by atoms with van der Waals surface area (Å²) in [5.74, 6) is -1.95. The van der Waals surface area contributed by atoms with Crippen LogP contribution in [0.4, 0.5) is 32.0 Å². The number of nitriles is 1. The first-order valence-electron chi connectivity index (χ1n) is 11.8. The molecule has 1 aromatic carbocycles. The van der Waals surface area contributed by atoms with Crippen molar-refractivity contribution in [1.82, 2.24) is 24.6 Å². The van der Waals surface area contributed by atoms with Crippen LogP contribution in [-0.4, -0.2) is 50.2 Å². The van der Waals surface area contributed by atoms with E-state index in [1.807, 2.05) is 13.0 Å². The Hall–Kier alpha value is -3.89. The first kappa shape index (κ1) is 25.7. The smallest absolute Gasteiger partial charge is 0.370 e. The summed E-state index contributed by atoms with van der Waals surface area (Å²) in [5, 5.41) is 16.7. The molecule has 200 valence electrons. The SMILES string of the molecule is C[C@@H]1CN(c2c(C#N)cnc3ccc(C(F)(F)F)cc23)CC[C@@H]1C(=O)N1CCn2c(nnc2C(F)(F)F)C1. The van der Waals surface area contributed by atoms with Crippen molar-refractivity contribution in [2.24, 2.45) is 11.8 Å². The normalized spacial score (nSPS) is 20.4. The topological polar surface area (TPSA) is 90.9 Å². The van der Waals surface area contributed by atoms with Gasteiger partial charge in [0.25, 0.3) is 0 Å². The quantitative estimate of drug-likeness (QED) is 0.455. The number of pyridine rings is 1. The standard InChI is InChI=1S/C24H21F6N7O/c1-13-11-35(20-14(9-31)10-32-18-3-2-15(8-17(18)20)23(25,26)27)5-4-16(13)21(38)36-6-7-37-19(12-36)33-34-22(37)24(28,29)30/h2-3,8,10,13,16H,4-7,11-12H2,1H3/t13-,16+/m1/s1. The zero-order valence-electron chi connectivity index (χ0n) is 20.0. The number of fused-ring (bicyclic) bond motifs is 2. The Kier molecular flexibility index (Phi) is 6.19. The molecule has 0 unspecified atom stereocenters. The summed E-state index contributed by atoms with van der Waals surface area (Å²) in [5.41, 5.74) is -0.0712. The predicted molar refractivity (Wildman–Crippen MR) is 121 cm³/mol. The van der Waals surface area contributed by atoms with Gasteiger partial charge in [0.15, 0.2) is 5.82 Å². The molecule has 1 fully saturated rings.